The average molecular weight is 381 g/mol. The molecule has 2 atom stereocenters. The van der Waals surface area contributed by atoms with Crippen molar-refractivity contribution in [3.63, 3.8) is 0 Å². The molecule has 0 aromatic heterocycles. The van der Waals surface area contributed by atoms with Gasteiger partial charge in [0.15, 0.2) is 0 Å². The third kappa shape index (κ3) is 4.53. The molecule has 0 bridgehead atoms. The van der Waals surface area contributed by atoms with Gasteiger partial charge in [-0.25, -0.2) is 4.39 Å². The van der Waals surface area contributed by atoms with Crippen LogP contribution in [-0.4, -0.2) is 14.2 Å². The topological polar surface area (TPSA) is 102 Å². The van der Waals surface area contributed by atoms with Crippen LogP contribution in [0.15, 0.2) is 18.2 Å². The summed E-state index contributed by atoms with van der Waals surface area (Å²) in [5, 5.41) is 20.4. The zero-order valence-corrected chi connectivity index (χ0v) is 16.3. The van der Waals surface area contributed by atoms with Crippen LogP contribution in [0.2, 0.25) is 0 Å². The van der Waals surface area contributed by atoms with E-state index >= 15 is 0 Å². The minimum absolute atomic E-state index is 0.0954. The lowest BCUT2D eigenvalue weighted by atomic mass is 9.84. The van der Waals surface area contributed by atoms with Crippen molar-refractivity contribution in [2.45, 2.75) is 63.7 Å². The van der Waals surface area contributed by atoms with Gasteiger partial charge >= 0.3 is 0 Å². The molecule has 1 fully saturated rings. The maximum absolute atomic E-state index is 14.6. The summed E-state index contributed by atoms with van der Waals surface area (Å²) in [6.07, 6.45) is 2.44. The zero-order valence-electron chi connectivity index (χ0n) is 15.5. The summed E-state index contributed by atoms with van der Waals surface area (Å²) in [6, 6.07) is 5.66. The van der Waals surface area contributed by atoms with Gasteiger partial charge in [0.1, 0.15) is 10.6 Å². The Balaban J connectivity index is 2.41. The van der Waals surface area contributed by atoms with Crippen LogP contribution in [0.3, 0.4) is 0 Å². The molecule has 0 amide bonds. The predicted octanol–water partition coefficient (Wildman–Crippen LogP) is 4.08. The van der Waals surface area contributed by atoms with Crippen LogP contribution >= 0.6 is 0 Å². The van der Waals surface area contributed by atoms with Crippen LogP contribution in [0, 0.1) is 32.7 Å². The van der Waals surface area contributed by atoms with Gasteiger partial charge in [-0.1, -0.05) is 0 Å². The van der Waals surface area contributed by atoms with Crippen LogP contribution in [0.4, 0.5) is 10.1 Å². The van der Waals surface area contributed by atoms with Crippen molar-refractivity contribution in [3.05, 3.63) is 39.7 Å². The first-order valence-electron chi connectivity index (χ1n) is 8.48. The largest absolute Gasteiger partial charge is 0.598 e. The fraction of sp³-hybridized carbons (Fsp3) is 0.611. The summed E-state index contributed by atoms with van der Waals surface area (Å²) in [4.78, 5) is 10.5. The summed E-state index contributed by atoms with van der Waals surface area (Å²) >= 11 is -1.51. The van der Waals surface area contributed by atoms with E-state index in [9.17, 15) is 24.3 Å². The summed E-state index contributed by atoms with van der Waals surface area (Å²) in [5.41, 5.74) is -1.64. The number of non-ortho nitro benzene ring substituents is 1. The van der Waals surface area contributed by atoms with Gasteiger partial charge in [-0.3, -0.25) is 10.1 Å². The first-order valence-corrected chi connectivity index (χ1v) is 9.63. The van der Waals surface area contributed by atoms with Gasteiger partial charge in [0, 0.05) is 29.1 Å². The molecule has 0 saturated heterocycles. The molecule has 1 aromatic rings. The van der Waals surface area contributed by atoms with Crippen LogP contribution < -0.4 is 4.72 Å². The van der Waals surface area contributed by atoms with E-state index in [1.165, 1.54) is 6.07 Å². The van der Waals surface area contributed by atoms with Crippen molar-refractivity contribution < 1.29 is 13.9 Å². The molecule has 26 heavy (non-hydrogen) atoms. The van der Waals surface area contributed by atoms with Gasteiger partial charge in [-0.05, 0) is 59.4 Å². The molecule has 6 nitrogen and oxygen atoms in total. The van der Waals surface area contributed by atoms with Crippen LogP contribution in [0.1, 0.15) is 58.9 Å². The van der Waals surface area contributed by atoms with Crippen molar-refractivity contribution in [1.29, 1.82) is 5.26 Å². The van der Waals surface area contributed by atoms with Crippen LogP contribution in [0.5, 0.6) is 0 Å². The lowest BCUT2D eigenvalue weighted by molar-refractivity contribution is -0.385. The molecule has 0 heterocycles. The summed E-state index contributed by atoms with van der Waals surface area (Å²) < 4.78 is 29.6. The van der Waals surface area contributed by atoms with Crippen molar-refractivity contribution in [2.24, 2.45) is 5.41 Å². The predicted molar refractivity (Wildman–Crippen MR) is 98.0 cm³/mol. The molecule has 8 heteroatoms. The monoisotopic (exact) mass is 381 g/mol. The number of nitro benzene ring substituents is 1. The number of nitrogens with one attached hydrogen (secondary N) is 1. The molecule has 0 radical (unpaired) electrons. The normalized spacial score (nSPS) is 19.3. The highest BCUT2D eigenvalue weighted by Crippen LogP contribution is 2.51. The molecule has 1 aliphatic rings. The molecule has 1 saturated carbocycles. The third-order valence-corrected chi connectivity index (χ3v) is 6.57. The van der Waals surface area contributed by atoms with Crippen molar-refractivity contribution in [3.8, 4) is 6.07 Å². The molecule has 1 unspecified atom stereocenters. The van der Waals surface area contributed by atoms with Gasteiger partial charge in [-0.15, -0.1) is 4.72 Å². The van der Waals surface area contributed by atoms with E-state index < -0.39 is 37.8 Å². The fourth-order valence-corrected chi connectivity index (χ4v) is 3.63. The Labute approximate surface area is 156 Å². The molecule has 1 aliphatic carbocycles. The highest BCUT2D eigenvalue weighted by atomic mass is 32.2. The molecule has 1 N–H and O–H groups in total. The Morgan fingerprint density at radius 2 is 2.00 bits per heavy atom. The highest BCUT2D eigenvalue weighted by Gasteiger charge is 2.46. The lowest BCUT2D eigenvalue weighted by Crippen LogP contribution is -2.50. The number of nitro groups is 1. The number of halogens is 1. The van der Waals surface area contributed by atoms with Crippen molar-refractivity contribution >= 4 is 17.0 Å². The number of nitriles is 1. The molecule has 2 rings (SSSR count). The number of rotatable bonds is 7. The number of nitrogens with zero attached hydrogens (tertiary/aromatic N) is 2. The van der Waals surface area contributed by atoms with Gasteiger partial charge in [0.25, 0.3) is 5.69 Å². The quantitative estimate of drug-likeness (QED) is 0.435. The number of hydrogen-bond acceptors (Lipinski definition) is 5. The molecular formula is C18H24FN3O3S. The summed E-state index contributed by atoms with van der Waals surface area (Å²) in [5.74, 6) is -0.599. The first kappa shape index (κ1) is 20.6. The molecular weight excluding hydrogens is 357 g/mol. The minimum atomic E-state index is -1.51. The van der Waals surface area contributed by atoms with E-state index in [0.29, 0.717) is 12.8 Å². The standard InChI is InChI=1S/C18H24FN3O3S/c1-16(2,3)26(25)21-17(4,7-8-18(12-20)9-10-18)14-11-13(22(23)24)5-6-15(14)19/h5-6,11,21H,7-10H2,1-4H3/t17-,26?/m0/s1. The van der Waals surface area contributed by atoms with E-state index in [4.69, 9.17) is 0 Å². The molecule has 1 aromatic carbocycles. The molecule has 0 spiro atoms. The zero-order chi connectivity index (χ0) is 19.8. The number of benzene rings is 1. The number of hydrogen-bond donors (Lipinski definition) is 1. The second-order valence-electron chi connectivity index (χ2n) is 8.13. The second-order valence-corrected chi connectivity index (χ2v) is 10.1. The van der Waals surface area contributed by atoms with Gasteiger partial charge in [0.2, 0.25) is 0 Å². The van der Waals surface area contributed by atoms with Crippen molar-refractivity contribution in [1.82, 2.24) is 4.72 Å². The highest BCUT2D eigenvalue weighted by molar-refractivity contribution is 7.90. The van der Waals surface area contributed by atoms with E-state index in [2.05, 4.69) is 10.8 Å². The van der Waals surface area contributed by atoms with E-state index in [-0.39, 0.29) is 11.3 Å². The van der Waals surface area contributed by atoms with E-state index in [1.807, 2.05) is 0 Å². The Hall–Kier alpha value is -1.69. The minimum Gasteiger partial charge on any atom is -0.598 e. The maximum atomic E-state index is 14.6. The Bertz CT molecular complexity index is 740. The lowest BCUT2D eigenvalue weighted by Gasteiger charge is -2.35. The third-order valence-electron chi connectivity index (χ3n) is 4.82. The molecule has 0 aliphatic heterocycles. The first-order chi connectivity index (χ1) is 11.9. The van der Waals surface area contributed by atoms with Gasteiger partial charge in [0.05, 0.1) is 21.9 Å². The smallest absolute Gasteiger partial charge is 0.269 e. The van der Waals surface area contributed by atoms with Gasteiger partial charge in [-0.2, -0.15) is 5.26 Å². The maximum Gasteiger partial charge on any atom is 0.269 e. The Kier molecular flexibility index (Phi) is 5.66. The average Bonchev–Trinajstić information content (AvgIpc) is 3.33. The SMILES string of the molecule is CC(C)(C)[S+]([O-])N[C@@](C)(CCC1(C#N)CC1)c1cc([N+](=O)[O-])ccc1F. The molecule has 142 valence electrons. The second kappa shape index (κ2) is 7.14. The van der Waals surface area contributed by atoms with Crippen LogP contribution in [-0.2, 0) is 16.9 Å². The summed E-state index contributed by atoms with van der Waals surface area (Å²) in [6.45, 7) is 7.06. The van der Waals surface area contributed by atoms with Crippen molar-refractivity contribution in [2.75, 3.05) is 0 Å². The Morgan fingerprint density at radius 1 is 1.38 bits per heavy atom. The van der Waals surface area contributed by atoms with E-state index in [0.717, 1.165) is 25.0 Å². The van der Waals surface area contributed by atoms with Crippen LogP contribution in [0.25, 0.3) is 0 Å². The van der Waals surface area contributed by atoms with E-state index in [1.54, 1.807) is 27.7 Å². The van der Waals surface area contributed by atoms with Gasteiger partial charge < -0.3 is 4.55 Å². The fourth-order valence-electron chi connectivity index (χ4n) is 2.71. The summed E-state index contributed by atoms with van der Waals surface area (Å²) in [7, 11) is 0. The Morgan fingerprint density at radius 3 is 2.46 bits per heavy atom.